The van der Waals surface area contributed by atoms with Gasteiger partial charge in [0, 0.05) is 6.54 Å². The molecule has 0 saturated carbocycles. The summed E-state index contributed by atoms with van der Waals surface area (Å²) in [6.07, 6.45) is 0. The van der Waals surface area contributed by atoms with Crippen LogP contribution >= 0.6 is 0 Å². The number of carboxylic acids is 1. The molecule has 5 heteroatoms. The summed E-state index contributed by atoms with van der Waals surface area (Å²) in [4.78, 5) is 10.8. The lowest BCUT2D eigenvalue weighted by molar-refractivity contribution is -0.146. The van der Waals surface area contributed by atoms with Crippen LogP contribution in [0.1, 0.15) is 13.8 Å². The second kappa shape index (κ2) is 4.47. The number of benzene rings is 1. The van der Waals surface area contributed by atoms with Crippen LogP contribution in [0, 0.1) is 17.0 Å². The van der Waals surface area contributed by atoms with E-state index in [9.17, 15) is 13.6 Å². The maximum Gasteiger partial charge on any atom is 0.310 e. The molecular formula is C11H13F2NO2. The minimum Gasteiger partial charge on any atom is -0.481 e. The molecule has 1 aromatic rings. The zero-order chi connectivity index (χ0) is 12.3. The summed E-state index contributed by atoms with van der Waals surface area (Å²) in [5, 5.41) is 11.3. The molecule has 1 rings (SSSR count). The molecule has 0 amide bonds. The van der Waals surface area contributed by atoms with Crippen molar-refractivity contribution in [1.82, 2.24) is 0 Å². The smallest absolute Gasteiger partial charge is 0.310 e. The van der Waals surface area contributed by atoms with Crippen LogP contribution < -0.4 is 5.32 Å². The Labute approximate surface area is 92.1 Å². The van der Waals surface area contributed by atoms with Crippen molar-refractivity contribution in [3.05, 3.63) is 29.8 Å². The Morgan fingerprint density at radius 2 is 1.88 bits per heavy atom. The van der Waals surface area contributed by atoms with Gasteiger partial charge < -0.3 is 10.4 Å². The Hall–Kier alpha value is -1.65. The number of hydrogen-bond donors (Lipinski definition) is 2. The standard InChI is InChI=1S/C11H13F2NO2/c1-11(2,10(15)16)6-14-9-7(12)4-3-5-8(9)13/h3-5,14H,6H2,1-2H3,(H,15,16). The zero-order valence-corrected chi connectivity index (χ0v) is 9.05. The first kappa shape index (κ1) is 12.4. The summed E-state index contributed by atoms with van der Waals surface area (Å²) >= 11 is 0. The first-order valence-corrected chi connectivity index (χ1v) is 4.76. The molecule has 2 N–H and O–H groups in total. The van der Waals surface area contributed by atoms with Gasteiger partial charge in [0.15, 0.2) is 0 Å². The summed E-state index contributed by atoms with van der Waals surface area (Å²) in [6, 6.07) is 3.47. The van der Waals surface area contributed by atoms with Crippen molar-refractivity contribution in [3.8, 4) is 0 Å². The normalized spacial score (nSPS) is 11.2. The molecule has 0 aliphatic carbocycles. The average molecular weight is 229 g/mol. The van der Waals surface area contributed by atoms with Gasteiger partial charge in [-0.15, -0.1) is 0 Å². The molecule has 1 aromatic carbocycles. The number of carbonyl (C=O) groups is 1. The number of aliphatic carboxylic acids is 1. The fraction of sp³-hybridized carbons (Fsp3) is 0.364. The van der Waals surface area contributed by atoms with E-state index in [0.29, 0.717) is 0 Å². The molecule has 0 atom stereocenters. The van der Waals surface area contributed by atoms with Gasteiger partial charge in [-0.1, -0.05) is 6.07 Å². The Bertz CT molecular complexity index is 385. The molecule has 0 saturated heterocycles. The van der Waals surface area contributed by atoms with Gasteiger partial charge in [-0.05, 0) is 26.0 Å². The van der Waals surface area contributed by atoms with E-state index in [1.807, 2.05) is 0 Å². The highest BCUT2D eigenvalue weighted by molar-refractivity contribution is 5.74. The molecule has 0 bridgehead atoms. The highest BCUT2D eigenvalue weighted by atomic mass is 19.1. The molecule has 0 aliphatic rings. The summed E-state index contributed by atoms with van der Waals surface area (Å²) in [5.74, 6) is -2.50. The average Bonchev–Trinajstić information content (AvgIpc) is 2.16. The molecule has 0 radical (unpaired) electrons. The Kier molecular flexibility index (Phi) is 3.47. The van der Waals surface area contributed by atoms with E-state index in [2.05, 4.69) is 5.32 Å². The molecule has 0 spiro atoms. The zero-order valence-electron chi connectivity index (χ0n) is 9.05. The van der Waals surface area contributed by atoms with Crippen molar-refractivity contribution in [2.75, 3.05) is 11.9 Å². The van der Waals surface area contributed by atoms with Gasteiger partial charge in [-0.25, -0.2) is 8.78 Å². The van der Waals surface area contributed by atoms with Crippen molar-refractivity contribution in [3.63, 3.8) is 0 Å². The van der Waals surface area contributed by atoms with Crippen molar-refractivity contribution in [2.24, 2.45) is 5.41 Å². The molecule has 3 nitrogen and oxygen atoms in total. The Morgan fingerprint density at radius 1 is 1.38 bits per heavy atom. The van der Waals surface area contributed by atoms with Crippen LogP contribution in [-0.4, -0.2) is 17.6 Å². The number of anilines is 1. The third kappa shape index (κ3) is 2.68. The van der Waals surface area contributed by atoms with E-state index in [0.717, 1.165) is 12.1 Å². The Morgan fingerprint density at radius 3 is 2.31 bits per heavy atom. The quantitative estimate of drug-likeness (QED) is 0.833. The van der Waals surface area contributed by atoms with Gasteiger partial charge in [-0.2, -0.15) is 0 Å². The predicted octanol–water partition coefficient (Wildman–Crippen LogP) is 2.49. The molecule has 16 heavy (non-hydrogen) atoms. The third-order valence-corrected chi connectivity index (χ3v) is 2.25. The molecule has 0 unspecified atom stereocenters. The van der Waals surface area contributed by atoms with Gasteiger partial charge >= 0.3 is 5.97 Å². The first-order chi connectivity index (χ1) is 7.34. The number of nitrogens with one attached hydrogen (secondary N) is 1. The van der Waals surface area contributed by atoms with E-state index in [1.54, 1.807) is 0 Å². The van der Waals surface area contributed by atoms with Crippen LogP contribution in [0.2, 0.25) is 0 Å². The number of para-hydroxylation sites is 1. The minimum absolute atomic E-state index is 0.0554. The second-order valence-electron chi connectivity index (χ2n) is 4.14. The maximum absolute atomic E-state index is 13.2. The highest BCUT2D eigenvalue weighted by Gasteiger charge is 2.27. The lowest BCUT2D eigenvalue weighted by atomic mass is 9.94. The van der Waals surface area contributed by atoms with Crippen LogP contribution in [0.25, 0.3) is 0 Å². The molecule has 0 aromatic heterocycles. The summed E-state index contributed by atoms with van der Waals surface area (Å²) in [7, 11) is 0. The molecule has 0 fully saturated rings. The SMILES string of the molecule is CC(C)(CNc1c(F)cccc1F)C(=O)O. The van der Waals surface area contributed by atoms with Crippen LogP contribution in [0.5, 0.6) is 0 Å². The topological polar surface area (TPSA) is 49.3 Å². The number of hydrogen-bond acceptors (Lipinski definition) is 2. The van der Waals surface area contributed by atoms with Gasteiger partial charge in [0.05, 0.1) is 5.41 Å². The fourth-order valence-electron chi connectivity index (χ4n) is 1.05. The van der Waals surface area contributed by atoms with Gasteiger partial charge in [0.1, 0.15) is 17.3 Å². The van der Waals surface area contributed by atoms with Crippen molar-refractivity contribution < 1.29 is 18.7 Å². The monoisotopic (exact) mass is 229 g/mol. The van der Waals surface area contributed by atoms with E-state index >= 15 is 0 Å². The first-order valence-electron chi connectivity index (χ1n) is 4.76. The third-order valence-electron chi connectivity index (χ3n) is 2.25. The van der Waals surface area contributed by atoms with Crippen molar-refractivity contribution >= 4 is 11.7 Å². The van der Waals surface area contributed by atoms with E-state index in [4.69, 9.17) is 5.11 Å². The summed E-state index contributed by atoms with van der Waals surface area (Å²) < 4.78 is 26.4. The van der Waals surface area contributed by atoms with Crippen LogP contribution in [-0.2, 0) is 4.79 Å². The fourth-order valence-corrected chi connectivity index (χ4v) is 1.05. The van der Waals surface area contributed by atoms with Crippen molar-refractivity contribution in [1.29, 1.82) is 0 Å². The van der Waals surface area contributed by atoms with Gasteiger partial charge in [0.2, 0.25) is 0 Å². The minimum atomic E-state index is -1.09. The van der Waals surface area contributed by atoms with Gasteiger partial charge in [-0.3, -0.25) is 4.79 Å². The second-order valence-corrected chi connectivity index (χ2v) is 4.14. The molecule has 0 heterocycles. The van der Waals surface area contributed by atoms with Crippen LogP contribution in [0.3, 0.4) is 0 Å². The molecular weight excluding hydrogens is 216 g/mol. The number of rotatable bonds is 4. The highest BCUT2D eigenvalue weighted by Crippen LogP contribution is 2.21. The van der Waals surface area contributed by atoms with E-state index in [1.165, 1.54) is 19.9 Å². The summed E-state index contributed by atoms with van der Waals surface area (Å²) in [6.45, 7) is 2.89. The predicted molar refractivity (Wildman–Crippen MR) is 56.3 cm³/mol. The van der Waals surface area contributed by atoms with Crippen LogP contribution in [0.4, 0.5) is 14.5 Å². The van der Waals surface area contributed by atoms with E-state index < -0.39 is 23.0 Å². The summed E-state index contributed by atoms with van der Waals surface area (Å²) in [5.41, 5.74) is -1.38. The maximum atomic E-state index is 13.2. The molecule has 0 aliphatic heterocycles. The lowest BCUT2D eigenvalue weighted by Gasteiger charge is -2.20. The number of halogens is 2. The van der Waals surface area contributed by atoms with Crippen LogP contribution in [0.15, 0.2) is 18.2 Å². The van der Waals surface area contributed by atoms with E-state index in [-0.39, 0.29) is 12.2 Å². The Balaban J connectivity index is 2.79. The van der Waals surface area contributed by atoms with Gasteiger partial charge in [0.25, 0.3) is 0 Å². The largest absolute Gasteiger partial charge is 0.481 e. The molecule has 88 valence electrons. The van der Waals surface area contributed by atoms with Crippen molar-refractivity contribution in [2.45, 2.75) is 13.8 Å². The lowest BCUT2D eigenvalue weighted by Crippen LogP contribution is -2.32. The number of carboxylic acid groups (broad SMARTS) is 1.